The zero-order chi connectivity index (χ0) is 24.8. The van der Waals surface area contributed by atoms with Crippen LogP contribution in [0.15, 0.2) is 64.2 Å². The Balaban J connectivity index is 1.25. The van der Waals surface area contributed by atoms with Gasteiger partial charge in [0.2, 0.25) is 28.2 Å². The number of aliphatic hydroxyl groups excluding tert-OH is 1. The molecule has 3 aromatic rings. The van der Waals surface area contributed by atoms with Crippen LogP contribution in [-0.4, -0.2) is 84.3 Å². The highest BCUT2D eigenvalue weighted by atomic mass is 32.2. The van der Waals surface area contributed by atoms with E-state index in [1.54, 1.807) is 30.3 Å². The second-order valence-electron chi connectivity index (χ2n) is 8.15. The van der Waals surface area contributed by atoms with E-state index in [2.05, 4.69) is 15.5 Å². The fraction of sp³-hybridized carbons (Fsp3) is 0.348. The summed E-state index contributed by atoms with van der Waals surface area (Å²) in [5, 5.41) is 20.6. The van der Waals surface area contributed by atoms with Gasteiger partial charge in [-0.25, -0.2) is 8.42 Å². The summed E-state index contributed by atoms with van der Waals surface area (Å²) in [4.78, 5) is 13.3. The van der Waals surface area contributed by atoms with Crippen molar-refractivity contribution in [3.63, 3.8) is 0 Å². The highest BCUT2D eigenvalue weighted by molar-refractivity contribution is 7.89. The maximum absolute atomic E-state index is 13.0. The summed E-state index contributed by atoms with van der Waals surface area (Å²) in [6.07, 6.45) is 0.508. The van der Waals surface area contributed by atoms with E-state index in [4.69, 9.17) is 9.15 Å². The van der Waals surface area contributed by atoms with Crippen molar-refractivity contribution >= 4 is 21.6 Å². The second-order valence-corrected chi connectivity index (χ2v) is 10.1. The van der Waals surface area contributed by atoms with Crippen molar-refractivity contribution in [3.8, 4) is 17.2 Å². The molecule has 2 N–H and O–H groups in total. The minimum Gasteiger partial charge on any atom is -0.491 e. The number of nitrogens with one attached hydrogen (secondary N) is 1. The molecule has 4 rings (SSSR count). The molecule has 0 spiro atoms. The third kappa shape index (κ3) is 6.42. The van der Waals surface area contributed by atoms with Crippen LogP contribution < -0.4 is 10.1 Å². The number of anilines is 1. The Bertz CT molecular complexity index is 1230. The molecule has 2 heterocycles. The van der Waals surface area contributed by atoms with E-state index in [1.165, 1.54) is 29.8 Å². The van der Waals surface area contributed by atoms with Crippen LogP contribution in [0.25, 0.3) is 11.5 Å². The van der Waals surface area contributed by atoms with Crippen molar-refractivity contribution < 1.29 is 27.5 Å². The van der Waals surface area contributed by atoms with Crippen molar-refractivity contribution in [2.75, 3.05) is 44.6 Å². The van der Waals surface area contributed by atoms with Crippen LogP contribution in [-0.2, 0) is 14.8 Å². The summed E-state index contributed by atoms with van der Waals surface area (Å²) in [6, 6.07) is 13.3. The number of benzene rings is 2. The number of carbonyl (C=O) groups excluding carboxylic acids is 1. The van der Waals surface area contributed by atoms with Gasteiger partial charge < -0.3 is 19.6 Å². The highest BCUT2D eigenvalue weighted by Crippen LogP contribution is 2.22. The van der Waals surface area contributed by atoms with Crippen LogP contribution in [0.5, 0.6) is 5.75 Å². The van der Waals surface area contributed by atoms with Crippen LogP contribution in [0.3, 0.4) is 0 Å². The van der Waals surface area contributed by atoms with E-state index >= 15 is 0 Å². The van der Waals surface area contributed by atoms with E-state index in [1.807, 2.05) is 11.0 Å². The van der Waals surface area contributed by atoms with E-state index in [0.717, 1.165) is 5.56 Å². The molecule has 1 aliphatic heterocycles. The molecule has 35 heavy (non-hydrogen) atoms. The Hall–Kier alpha value is -3.32. The van der Waals surface area contributed by atoms with Gasteiger partial charge in [-0.2, -0.15) is 4.31 Å². The number of nitrogens with zero attached hydrogens (tertiary/aromatic N) is 4. The molecule has 1 aromatic heterocycles. The van der Waals surface area contributed by atoms with Gasteiger partial charge in [-0.1, -0.05) is 6.07 Å². The molecule has 2 aromatic carbocycles. The van der Waals surface area contributed by atoms with Gasteiger partial charge in [-0.15, -0.1) is 10.2 Å². The molecule has 1 fully saturated rings. The van der Waals surface area contributed by atoms with Gasteiger partial charge in [0.1, 0.15) is 18.5 Å². The standard InChI is InChI=1S/C23H27N5O6S/c1-17(29)25-19-5-7-22(8-6-19)35(31,32)28-11-9-27(10-12-28)14-20(30)15-33-21-4-2-3-18(13-21)23-26-24-16-34-23/h2-8,13,16,20,30H,9-12,14-15H2,1H3,(H,25,29)/t20-/m1/s1. The van der Waals surface area contributed by atoms with Gasteiger partial charge in [0, 0.05) is 50.9 Å². The molecule has 1 amide bonds. The lowest BCUT2D eigenvalue weighted by molar-refractivity contribution is -0.114. The first-order chi connectivity index (χ1) is 16.8. The minimum atomic E-state index is -3.64. The number of hydrogen-bond acceptors (Lipinski definition) is 9. The maximum atomic E-state index is 13.0. The number of rotatable bonds is 9. The Morgan fingerprint density at radius 2 is 1.91 bits per heavy atom. The summed E-state index contributed by atoms with van der Waals surface area (Å²) in [7, 11) is -3.64. The number of sulfonamides is 1. The molecule has 0 saturated carbocycles. The van der Waals surface area contributed by atoms with Crippen molar-refractivity contribution in [2.24, 2.45) is 0 Å². The van der Waals surface area contributed by atoms with E-state index in [0.29, 0.717) is 50.1 Å². The predicted molar refractivity (Wildman–Crippen MR) is 127 cm³/mol. The monoisotopic (exact) mass is 501 g/mol. The van der Waals surface area contributed by atoms with Crippen molar-refractivity contribution in [2.45, 2.75) is 17.9 Å². The second kappa shape index (κ2) is 11.0. The van der Waals surface area contributed by atoms with Gasteiger partial charge in [0.15, 0.2) is 0 Å². The normalized spacial score (nSPS) is 16.1. The first-order valence-corrected chi connectivity index (χ1v) is 12.5. The summed E-state index contributed by atoms with van der Waals surface area (Å²) < 4.78 is 38.2. The minimum absolute atomic E-state index is 0.0897. The molecule has 0 bridgehead atoms. The molecule has 1 aliphatic rings. The fourth-order valence-electron chi connectivity index (χ4n) is 3.78. The van der Waals surface area contributed by atoms with Crippen LogP contribution in [0.2, 0.25) is 0 Å². The SMILES string of the molecule is CC(=O)Nc1ccc(S(=O)(=O)N2CCN(C[C@@H](O)COc3cccc(-c4nnco4)c3)CC2)cc1. The molecule has 1 atom stereocenters. The Morgan fingerprint density at radius 3 is 2.57 bits per heavy atom. The van der Waals surface area contributed by atoms with Crippen molar-refractivity contribution in [1.29, 1.82) is 0 Å². The van der Waals surface area contributed by atoms with Crippen LogP contribution in [0.4, 0.5) is 5.69 Å². The van der Waals surface area contributed by atoms with E-state index in [-0.39, 0.29) is 17.4 Å². The molecule has 0 aliphatic carbocycles. The summed E-state index contributed by atoms with van der Waals surface area (Å²) in [5.74, 6) is 0.731. The number of hydrogen-bond donors (Lipinski definition) is 2. The van der Waals surface area contributed by atoms with E-state index in [9.17, 15) is 18.3 Å². The van der Waals surface area contributed by atoms with Gasteiger partial charge >= 0.3 is 0 Å². The molecule has 12 heteroatoms. The molecule has 11 nitrogen and oxygen atoms in total. The van der Waals surface area contributed by atoms with Crippen molar-refractivity contribution in [3.05, 3.63) is 54.9 Å². The number of aromatic nitrogens is 2. The van der Waals surface area contributed by atoms with Gasteiger partial charge in [-0.05, 0) is 42.5 Å². The number of amides is 1. The Morgan fingerprint density at radius 1 is 1.17 bits per heavy atom. The molecular formula is C23H27N5O6S. The summed E-state index contributed by atoms with van der Waals surface area (Å²) in [6.45, 7) is 3.46. The van der Waals surface area contributed by atoms with Crippen molar-refractivity contribution in [1.82, 2.24) is 19.4 Å². The first kappa shape index (κ1) is 24.8. The van der Waals surface area contributed by atoms with Gasteiger partial charge in [0.05, 0.1) is 4.90 Å². The predicted octanol–water partition coefficient (Wildman–Crippen LogP) is 1.44. The quantitative estimate of drug-likeness (QED) is 0.446. The fourth-order valence-corrected chi connectivity index (χ4v) is 5.20. The number of piperazine rings is 1. The average Bonchev–Trinajstić information content (AvgIpc) is 3.39. The number of carbonyl (C=O) groups is 1. The smallest absolute Gasteiger partial charge is 0.247 e. The average molecular weight is 502 g/mol. The zero-order valence-electron chi connectivity index (χ0n) is 19.2. The van der Waals surface area contributed by atoms with Crippen LogP contribution in [0.1, 0.15) is 6.92 Å². The largest absolute Gasteiger partial charge is 0.491 e. The molecule has 0 radical (unpaired) electrons. The Labute approximate surface area is 203 Å². The summed E-state index contributed by atoms with van der Waals surface area (Å²) in [5.41, 5.74) is 1.26. The third-order valence-corrected chi connectivity index (χ3v) is 7.41. The number of aliphatic hydroxyl groups is 1. The third-order valence-electron chi connectivity index (χ3n) is 5.50. The highest BCUT2D eigenvalue weighted by Gasteiger charge is 2.29. The lowest BCUT2D eigenvalue weighted by Gasteiger charge is -2.34. The lowest BCUT2D eigenvalue weighted by atomic mass is 10.2. The van der Waals surface area contributed by atoms with Crippen LogP contribution in [0, 0.1) is 0 Å². The molecule has 186 valence electrons. The van der Waals surface area contributed by atoms with Crippen LogP contribution >= 0.6 is 0 Å². The van der Waals surface area contributed by atoms with E-state index < -0.39 is 16.1 Å². The molecule has 0 unspecified atom stereocenters. The maximum Gasteiger partial charge on any atom is 0.247 e. The Kier molecular flexibility index (Phi) is 7.76. The number of β-amino-alcohol motifs (C(OH)–C–C–N with tert-alkyl or cyclic N) is 1. The molecular weight excluding hydrogens is 474 g/mol. The summed E-state index contributed by atoms with van der Waals surface area (Å²) >= 11 is 0. The zero-order valence-corrected chi connectivity index (χ0v) is 20.0. The topological polar surface area (TPSA) is 138 Å². The van der Waals surface area contributed by atoms with Gasteiger partial charge in [-0.3, -0.25) is 9.69 Å². The lowest BCUT2D eigenvalue weighted by Crippen LogP contribution is -2.50. The van der Waals surface area contributed by atoms with Gasteiger partial charge in [0.25, 0.3) is 0 Å². The first-order valence-electron chi connectivity index (χ1n) is 11.1. The number of ether oxygens (including phenoxy) is 1. The molecule has 1 saturated heterocycles.